The van der Waals surface area contributed by atoms with Crippen LogP contribution < -0.4 is 9.47 Å². The molecular weight excluding hydrogens is 388 g/mol. The largest absolute Gasteiger partial charge is 0.508 e. The highest BCUT2D eigenvalue weighted by atomic mass is 16.5. The van der Waals surface area contributed by atoms with Crippen LogP contribution in [-0.2, 0) is 4.79 Å². The van der Waals surface area contributed by atoms with Crippen molar-refractivity contribution in [3.05, 3.63) is 71.5 Å². The molecule has 156 valence electrons. The van der Waals surface area contributed by atoms with Gasteiger partial charge in [-0.05, 0) is 47.5 Å². The SMILES string of the molecule is C#CO.COc1cc(/C=C/C(=O)/C=C(O)/C=C/c2ccc(O)c(OC)c2)ccc1O. The van der Waals surface area contributed by atoms with E-state index in [1.807, 2.05) is 0 Å². The fraction of sp³-hybridized carbons (Fsp3) is 0.0870. The highest BCUT2D eigenvalue weighted by Gasteiger charge is 2.02. The van der Waals surface area contributed by atoms with Crippen molar-refractivity contribution in [2.24, 2.45) is 0 Å². The van der Waals surface area contributed by atoms with Crippen molar-refractivity contribution in [2.45, 2.75) is 0 Å². The van der Waals surface area contributed by atoms with Gasteiger partial charge in [0, 0.05) is 6.08 Å². The summed E-state index contributed by atoms with van der Waals surface area (Å²) in [6.07, 6.45) is 12.3. The summed E-state index contributed by atoms with van der Waals surface area (Å²) in [5.41, 5.74) is 1.35. The Balaban J connectivity index is 0.00000141. The maximum atomic E-state index is 11.9. The molecule has 30 heavy (non-hydrogen) atoms. The van der Waals surface area contributed by atoms with Crippen molar-refractivity contribution in [1.82, 2.24) is 0 Å². The van der Waals surface area contributed by atoms with Crippen LogP contribution in [0.3, 0.4) is 0 Å². The van der Waals surface area contributed by atoms with Gasteiger partial charge >= 0.3 is 0 Å². The zero-order valence-electron chi connectivity index (χ0n) is 16.4. The first-order valence-electron chi connectivity index (χ1n) is 8.49. The van der Waals surface area contributed by atoms with Gasteiger partial charge in [0.2, 0.25) is 0 Å². The summed E-state index contributed by atoms with van der Waals surface area (Å²) in [6, 6.07) is 9.38. The van der Waals surface area contributed by atoms with Gasteiger partial charge in [-0.1, -0.05) is 30.7 Å². The molecule has 7 heteroatoms. The predicted octanol–water partition coefficient (Wildman–Crippen LogP) is 3.80. The molecule has 2 rings (SSSR count). The normalized spacial score (nSPS) is 10.9. The smallest absolute Gasteiger partial charge is 0.182 e. The van der Waals surface area contributed by atoms with E-state index in [-0.39, 0.29) is 17.3 Å². The van der Waals surface area contributed by atoms with E-state index in [0.717, 1.165) is 6.08 Å². The molecule has 0 saturated carbocycles. The molecule has 2 aromatic rings. The monoisotopic (exact) mass is 410 g/mol. The summed E-state index contributed by atoms with van der Waals surface area (Å²) in [6.45, 7) is 0. The third-order valence-corrected chi connectivity index (χ3v) is 3.58. The molecule has 0 saturated heterocycles. The first-order chi connectivity index (χ1) is 14.3. The maximum absolute atomic E-state index is 11.9. The standard InChI is InChI=1S/C21H20O6.C2H2O/c1-26-20-11-14(5-9-18(20)24)3-7-16(22)13-17(23)8-4-15-6-10-19(25)21(12-15)27-2;1-2-3/h3-13,22,24-25H,1-2H3;1,3H/b7-3+,8-4+,16-13-;. The number of benzene rings is 2. The predicted molar refractivity (Wildman–Crippen MR) is 114 cm³/mol. The van der Waals surface area contributed by atoms with Crippen LogP contribution in [0.2, 0.25) is 0 Å². The summed E-state index contributed by atoms with van der Waals surface area (Å²) >= 11 is 0. The second-order valence-electron chi connectivity index (χ2n) is 5.63. The van der Waals surface area contributed by atoms with Gasteiger partial charge in [-0.3, -0.25) is 4.79 Å². The number of carbonyl (C=O) groups is 1. The lowest BCUT2D eigenvalue weighted by Crippen LogP contribution is -1.89. The zero-order valence-corrected chi connectivity index (χ0v) is 16.4. The van der Waals surface area contributed by atoms with E-state index in [1.54, 1.807) is 36.4 Å². The molecule has 0 aliphatic rings. The molecule has 0 amide bonds. The molecule has 4 N–H and O–H groups in total. The number of aliphatic hydroxyl groups excluding tert-OH is 2. The van der Waals surface area contributed by atoms with Crippen LogP contribution in [0, 0.1) is 12.5 Å². The number of hydrogen-bond acceptors (Lipinski definition) is 7. The summed E-state index contributed by atoms with van der Waals surface area (Å²) < 4.78 is 10.0. The molecule has 0 bridgehead atoms. The van der Waals surface area contributed by atoms with Crippen LogP contribution in [0.15, 0.2) is 60.4 Å². The molecule has 0 spiro atoms. The Hall–Kier alpha value is -4.31. The Morgan fingerprint density at radius 1 is 0.933 bits per heavy atom. The van der Waals surface area contributed by atoms with E-state index in [9.17, 15) is 20.1 Å². The van der Waals surface area contributed by atoms with Crippen molar-refractivity contribution < 1.29 is 34.7 Å². The third kappa shape index (κ3) is 7.74. The topological polar surface area (TPSA) is 116 Å². The first-order valence-corrected chi connectivity index (χ1v) is 8.49. The quantitative estimate of drug-likeness (QED) is 0.237. The van der Waals surface area contributed by atoms with Crippen molar-refractivity contribution in [2.75, 3.05) is 14.2 Å². The van der Waals surface area contributed by atoms with E-state index in [2.05, 4.69) is 6.42 Å². The Labute approximate surface area is 174 Å². The molecule has 0 unspecified atom stereocenters. The minimum atomic E-state index is -0.410. The van der Waals surface area contributed by atoms with Crippen LogP contribution in [0.5, 0.6) is 23.0 Å². The molecule has 0 radical (unpaired) electrons. The minimum Gasteiger partial charge on any atom is -0.508 e. The highest BCUT2D eigenvalue weighted by Crippen LogP contribution is 2.27. The number of aromatic hydroxyl groups is 2. The van der Waals surface area contributed by atoms with E-state index in [0.29, 0.717) is 22.6 Å². The molecule has 0 aliphatic carbocycles. The number of methoxy groups -OCH3 is 2. The minimum absolute atomic E-state index is 0.00881. The molecule has 2 aromatic carbocycles. The lowest BCUT2D eigenvalue weighted by molar-refractivity contribution is -0.110. The number of aliphatic hydroxyl groups is 2. The molecule has 7 nitrogen and oxygen atoms in total. The van der Waals surface area contributed by atoms with Crippen molar-refractivity contribution >= 4 is 17.9 Å². The average Bonchev–Trinajstić information content (AvgIpc) is 2.73. The number of terminal acetylenes is 1. The lowest BCUT2D eigenvalue weighted by atomic mass is 10.1. The molecule has 0 aromatic heterocycles. The molecule has 0 atom stereocenters. The fourth-order valence-electron chi connectivity index (χ4n) is 2.20. The van der Waals surface area contributed by atoms with Gasteiger partial charge in [-0.2, -0.15) is 0 Å². The number of phenols is 2. The van der Waals surface area contributed by atoms with Crippen molar-refractivity contribution in [1.29, 1.82) is 0 Å². The van der Waals surface area contributed by atoms with E-state index in [1.165, 1.54) is 44.6 Å². The second-order valence-corrected chi connectivity index (χ2v) is 5.63. The summed E-state index contributed by atoms with van der Waals surface area (Å²) in [7, 11) is 2.87. The number of ketones is 1. The number of ether oxygens (including phenoxy) is 2. The summed E-state index contributed by atoms with van der Waals surface area (Å²) in [5.74, 6) is 0.00163. The van der Waals surface area contributed by atoms with E-state index >= 15 is 0 Å². The van der Waals surface area contributed by atoms with Gasteiger partial charge < -0.3 is 29.9 Å². The van der Waals surface area contributed by atoms with Gasteiger partial charge in [-0.15, -0.1) is 0 Å². The Morgan fingerprint density at radius 2 is 1.37 bits per heavy atom. The first kappa shape index (κ1) is 23.7. The molecule has 0 fully saturated rings. The van der Waals surface area contributed by atoms with Gasteiger partial charge in [0.25, 0.3) is 0 Å². The Bertz CT molecular complexity index is 995. The number of hydrogen-bond donors (Lipinski definition) is 4. The van der Waals surface area contributed by atoms with Crippen LogP contribution >= 0.6 is 0 Å². The highest BCUT2D eigenvalue weighted by molar-refractivity contribution is 6.02. The number of carbonyl (C=O) groups excluding carboxylic acids is 1. The van der Waals surface area contributed by atoms with Crippen LogP contribution in [-0.4, -0.2) is 40.4 Å². The summed E-state index contributed by atoms with van der Waals surface area (Å²) in [5, 5.41) is 36.1. The fourth-order valence-corrected chi connectivity index (χ4v) is 2.20. The van der Waals surface area contributed by atoms with E-state index in [4.69, 9.17) is 14.6 Å². The third-order valence-electron chi connectivity index (χ3n) is 3.58. The maximum Gasteiger partial charge on any atom is 0.182 e. The van der Waals surface area contributed by atoms with Gasteiger partial charge in [-0.25, -0.2) is 0 Å². The van der Waals surface area contributed by atoms with Crippen LogP contribution in [0.4, 0.5) is 0 Å². The average molecular weight is 410 g/mol. The Kier molecular flexibility index (Phi) is 9.66. The van der Waals surface area contributed by atoms with Crippen LogP contribution in [0.1, 0.15) is 11.1 Å². The molecule has 0 aliphatic heterocycles. The van der Waals surface area contributed by atoms with Gasteiger partial charge in [0.15, 0.2) is 28.8 Å². The zero-order chi connectivity index (χ0) is 22.5. The number of rotatable bonds is 7. The number of allylic oxidation sites excluding steroid dienone is 3. The van der Waals surface area contributed by atoms with Gasteiger partial charge in [0.05, 0.1) is 14.2 Å². The lowest BCUT2D eigenvalue weighted by Gasteiger charge is -2.03. The molecule has 0 heterocycles. The number of phenolic OH excluding ortho intramolecular Hbond substituents is 2. The second kappa shape index (κ2) is 12.2. The van der Waals surface area contributed by atoms with Crippen molar-refractivity contribution in [3.63, 3.8) is 0 Å². The van der Waals surface area contributed by atoms with Crippen LogP contribution in [0.25, 0.3) is 12.2 Å². The van der Waals surface area contributed by atoms with E-state index < -0.39 is 5.78 Å². The van der Waals surface area contributed by atoms with Gasteiger partial charge in [0.1, 0.15) is 11.9 Å². The molecular formula is C23H22O7. The van der Waals surface area contributed by atoms with Crippen molar-refractivity contribution in [3.8, 4) is 35.5 Å². The summed E-state index contributed by atoms with van der Waals surface area (Å²) in [4.78, 5) is 11.9. The Morgan fingerprint density at radius 3 is 1.80 bits per heavy atom.